The number of thioether (sulfide) groups is 1. The molecule has 3 N–H and O–H groups in total. The number of para-hydroxylation sites is 1. The number of pyridine rings is 1. The molecule has 0 radical (unpaired) electrons. The number of benzene rings is 1. The maximum absolute atomic E-state index is 12.5. The molecule has 1 amide bonds. The van der Waals surface area contributed by atoms with Crippen molar-refractivity contribution in [3.8, 4) is 6.07 Å². The Bertz CT molecular complexity index is 1010. The molecule has 1 atom stereocenters. The van der Waals surface area contributed by atoms with Crippen LogP contribution in [0.2, 0.25) is 0 Å². The molecule has 2 heterocycles. The summed E-state index contributed by atoms with van der Waals surface area (Å²) < 4.78 is 5.14. The van der Waals surface area contributed by atoms with Gasteiger partial charge in [-0.15, -0.1) is 0 Å². The van der Waals surface area contributed by atoms with Gasteiger partial charge in [0.15, 0.2) is 5.82 Å². The number of nitriles is 1. The fraction of sp³-hybridized carbons (Fsp3) is 0.167. The van der Waals surface area contributed by atoms with Crippen molar-refractivity contribution in [2.24, 2.45) is 0 Å². The van der Waals surface area contributed by atoms with E-state index in [4.69, 9.17) is 10.3 Å². The molecular formula is C18H16N6O2S. The van der Waals surface area contributed by atoms with Gasteiger partial charge in [-0.1, -0.05) is 35.1 Å². The lowest BCUT2D eigenvalue weighted by Gasteiger charge is -2.11. The van der Waals surface area contributed by atoms with Crippen LogP contribution in [0.15, 0.2) is 45.9 Å². The van der Waals surface area contributed by atoms with Crippen LogP contribution in [-0.4, -0.2) is 21.0 Å². The number of nitrogens with one attached hydrogen (secondary N) is 1. The van der Waals surface area contributed by atoms with Crippen molar-refractivity contribution in [3.63, 3.8) is 0 Å². The number of hydrogen-bond acceptors (Lipinski definition) is 8. The van der Waals surface area contributed by atoms with Crippen molar-refractivity contribution >= 4 is 29.2 Å². The van der Waals surface area contributed by atoms with Gasteiger partial charge in [-0.25, -0.2) is 4.98 Å². The minimum Gasteiger partial charge on any atom is -0.383 e. The van der Waals surface area contributed by atoms with Crippen LogP contribution in [0.25, 0.3) is 0 Å². The molecule has 8 nitrogen and oxygen atoms in total. The van der Waals surface area contributed by atoms with Gasteiger partial charge in [0, 0.05) is 5.69 Å². The molecule has 27 heavy (non-hydrogen) atoms. The van der Waals surface area contributed by atoms with E-state index in [1.165, 1.54) is 17.8 Å². The zero-order chi connectivity index (χ0) is 19.4. The van der Waals surface area contributed by atoms with E-state index in [9.17, 15) is 10.1 Å². The lowest BCUT2D eigenvalue weighted by molar-refractivity contribution is 0.102. The quantitative estimate of drug-likeness (QED) is 0.644. The Morgan fingerprint density at radius 1 is 1.33 bits per heavy atom. The molecule has 2 aromatic heterocycles. The zero-order valence-electron chi connectivity index (χ0n) is 14.6. The maximum atomic E-state index is 12.5. The number of nitrogens with two attached hydrogens (primary N) is 1. The van der Waals surface area contributed by atoms with Gasteiger partial charge >= 0.3 is 0 Å². The number of hydrogen-bond donors (Lipinski definition) is 2. The Kier molecular flexibility index (Phi) is 5.38. The average molecular weight is 380 g/mol. The Hall–Kier alpha value is -3.38. The maximum Gasteiger partial charge on any atom is 0.259 e. The second-order valence-electron chi connectivity index (χ2n) is 5.65. The molecule has 1 unspecified atom stereocenters. The summed E-state index contributed by atoms with van der Waals surface area (Å²) in [7, 11) is 0. The van der Waals surface area contributed by atoms with E-state index in [0.717, 1.165) is 0 Å². The van der Waals surface area contributed by atoms with Crippen LogP contribution in [-0.2, 0) is 0 Å². The SMILES string of the molecule is Cc1noc(C(C)Sc2nc(N)c(C(=O)Nc3ccccc3)cc2C#N)n1. The number of carbonyl (C=O) groups is 1. The number of amides is 1. The van der Waals surface area contributed by atoms with Crippen molar-refractivity contribution in [1.29, 1.82) is 5.26 Å². The smallest absolute Gasteiger partial charge is 0.259 e. The second-order valence-corrected chi connectivity index (χ2v) is 6.98. The number of aryl methyl sites for hydroxylation is 1. The lowest BCUT2D eigenvalue weighted by Crippen LogP contribution is -2.15. The van der Waals surface area contributed by atoms with E-state index >= 15 is 0 Å². The van der Waals surface area contributed by atoms with Crippen LogP contribution >= 0.6 is 11.8 Å². The molecule has 3 rings (SSSR count). The standard InChI is InChI=1S/C18H16N6O2S/c1-10(17-21-11(2)24-26-17)27-18-12(9-19)8-14(15(20)23-18)16(25)22-13-6-4-3-5-7-13/h3-8,10H,1-2H3,(H2,20,23)(H,22,25). The molecule has 0 aliphatic heterocycles. The molecular weight excluding hydrogens is 364 g/mol. The van der Waals surface area contributed by atoms with Crippen LogP contribution in [0.1, 0.15) is 39.8 Å². The zero-order valence-corrected chi connectivity index (χ0v) is 15.4. The molecule has 0 aliphatic rings. The van der Waals surface area contributed by atoms with Crippen LogP contribution in [0, 0.1) is 18.3 Å². The topological polar surface area (TPSA) is 131 Å². The molecule has 9 heteroatoms. The summed E-state index contributed by atoms with van der Waals surface area (Å²) in [4.78, 5) is 20.9. The monoisotopic (exact) mass is 380 g/mol. The summed E-state index contributed by atoms with van der Waals surface area (Å²) in [5.74, 6) is 0.560. The Morgan fingerprint density at radius 3 is 2.70 bits per heavy atom. The highest BCUT2D eigenvalue weighted by atomic mass is 32.2. The van der Waals surface area contributed by atoms with E-state index < -0.39 is 5.91 Å². The molecule has 136 valence electrons. The number of rotatable bonds is 5. The summed E-state index contributed by atoms with van der Waals surface area (Å²) in [5, 5.41) is 16.1. The van der Waals surface area contributed by atoms with Crippen LogP contribution in [0.5, 0.6) is 0 Å². The van der Waals surface area contributed by atoms with Gasteiger partial charge in [0.1, 0.15) is 16.9 Å². The molecule has 1 aromatic carbocycles. The number of nitrogen functional groups attached to an aromatic ring is 1. The van der Waals surface area contributed by atoms with Crippen LogP contribution in [0.3, 0.4) is 0 Å². The number of carbonyl (C=O) groups excluding carboxylic acids is 1. The summed E-state index contributed by atoms with van der Waals surface area (Å²) in [6.07, 6.45) is 0. The minimum atomic E-state index is -0.431. The van der Waals surface area contributed by atoms with E-state index in [0.29, 0.717) is 22.4 Å². The minimum absolute atomic E-state index is 0.0406. The van der Waals surface area contributed by atoms with Crippen LogP contribution < -0.4 is 11.1 Å². The van der Waals surface area contributed by atoms with Crippen molar-refractivity contribution in [2.75, 3.05) is 11.1 Å². The highest BCUT2D eigenvalue weighted by molar-refractivity contribution is 7.99. The molecule has 0 fully saturated rings. The first-order valence-corrected chi connectivity index (χ1v) is 8.89. The molecule has 3 aromatic rings. The average Bonchev–Trinajstić information content (AvgIpc) is 3.09. The number of nitrogens with zero attached hydrogens (tertiary/aromatic N) is 4. The molecule has 0 aliphatic carbocycles. The highest BCUT2D eigenvalue weighted by Crippen LogP contribution is 2.35. The Labute approximate surface area is 159 Å². The predicted molar refractivity (Wildman–Crippen MR) is 101 cm³/mol. The van der Waals surface area contributed by atoms with Crippen molar-refractivity contribution < 1.29 is 9.32 Å². The van der Waals surface area contributed by atoms with Gasteiger partial charge in [-0.2, -0.15) is 10.2 Å². The fourth-order valence-electron chi connectivity index (χ4n) is 2.28. The number of anilines is 2. The highest BCUT2D eigenvalue weighted by Gasteiger charge is 2.21. The van der Waals surface area contributed by atoms with Crippen molar-refractivity contribution in [3.05, 3.63) is 59.2 Å². The molecule has 0 saturated carbocycles. The summed E-state index contributed by atoms with van der Waals surface area (Å²) in [6.45, 7) is 3.58. The van der Waals surface area contributed by atoms with Crippen molar-refractivity contribution in [2.45, 2.75) is 24.1 Å². The summed E-state index contributed by atoms with van der Waals surface area (Å²) >= 11 is 1.26. The molecule has 0 spiro atoms. The van der Waals surface area contributed by atoms with E-state index in [1.807, 2.05) is 13.0 Å². The summed E-state index contributed by atoms with van der Waals surface area (Å²) in [6, 6.07) is 12.5. The third-order valence-corrected chi connectivity index (χ3v) is 4.68. The largest absolute Gasteiger partial charge is 0.383 e. The second kappa shape index (κ2) is 7.88. The predicted octanol–water partition coefficient (Wildman–Crippen LogP) is 3.33. The fourth-order valence-corrected chi connectivity index (χ4v) is 3.19. The van der Waals surface area contributed by atoms with Gasteiger partial charge in [-0.05, 0) is 32.0 Å². The van der Waals surface area contributed by atoms with E-state index in [2.05, 4.69) is 26.5 Å². The van der Waals surface area contributed by atoms with Crippen molar-refractivity contribution in [1.82, 2.24) is 15.1 Å². The third-order valence-electron chi connectivity index (χ3n) is 3.59. The first kappa shape index (κ1) is 18.4. The van der Waals surface area contributed by atoms with Gasteiger partial charge in [-0.3, -0.25) is 4.79 Å². The Morgan fingerprint density at radius 2 is 2.07 bits per heavy atom. The third kappa shape index (κ3) is 4.24. The van der Waals surface area contributed by atoms with Gasteiger partial charge in [0.2, 0.25) is 5.89 Å². The van der Waals surface area contributed by atoms with E-state index in [-0.39, 0.29) is 22.2 Å². The van der Waals surface area contributed by atoms with Gasteiger partial charge < -0.3 is 15.6 Å². The normalized spacial score (nSPS) is 11.6. The van der Waals surface area contributed by atoms with E-state index in [1.54, 1.807) is 31.2 Å². The molecule has 0 bridgehead atoms. The molecule has 0 saturated heterocycles. The summed E-state index contributed by atoms with van der Waals surface area (Å²) in [5.41, 5.74) is 6.98. The first-order valence-electron chi connectivity index (χ1n) is 8.02. The van der Waals surface area contributed by atoms with Gasteiger partial charge in [0.25, 0.3) is 5.91 Å². The van der Waals surface area contributed by atoms with Gasteiger partial charge in [0.05, 0.1) is 16.4 Å². The Balaban J connectivity index is 1.84. The lowest BCUT2D eigenvalue weighted by atomic mass is 10.2. The first-order chi connectivity index (χ1) is 13.0. The van der Waals surface area contributed by atoms with Crippen LogP contribution in [0.4, 0.5) is 11.5 Å². The number of aromatic nitrogens is 3.